The van der Waals surface area contributed by atoms with E-state index in [0.717, 1.165) is 16.7 Å². The van der Waals surface area contributed by atoms with Crippen molar-refractivity contribution in [1.29, 1.82) is 0 Å². The van der Waals surface area contributed by atoms with Gasteiger partial charge in [-0.2, -0.15) is 4.31 Å². The van der Waals surface area contributed by atoms with Crippen LogP contribution in [0.25, 0.3) is 11.4 Å². The average molecular weight is 411 g/mol. The molecule has 0 radical (unpaired) electrons. The van der Waals surface area contributed by atoms with Gasteiger partial charge in [0.25, 0.3) is 0 Å². The lowest BCUT2D eigenvalue weighted by Crippen LogP contribution is -2.29. The zero-order valence-electron chi connectivity index (χ0n) is 15.9. The van der Waals surface area contributed by atoms with Gasteiger partial charge in [-0.05, 0) is 22.8 Å². The van der Waals surface area contributed by atoms with E-state index in [1.54, 1.807) is 42.7 Å². The van der Waals surface area contributed by atoms with Gasteiger partial charge in [0.15, 0.2) is 5.82 Å². The summed E-state index contributed by atoms with van der Waals surface area (Å²) < 4.78 is 26.0. The summed E-state index contributed by atoms with van der Waals surface area (Å²) in [4.78, 5) is 19.3. The summed E-state index contributed by atoms with van der Waals surface area (Å²) in [5, 5.41) is 8.95. The standard InChI is InChI=1S/C21H21N3O4S/c1-29(27,28)24(15-18-5-2-4-17(12-18)13-20(25)26)14-16-6-8-19(9-7-16)21-22-10-3-11-23-21/h2-12H,13-15H2,1H3,(H,25,26). The Morgan fingerprint density at radius 1 is 0.931 bits per heavy atom. The molecule has 1 heterocycles. The number of carboxylic acid groups (broad SMARTS) is 1. The van der Waals surface area contributed by atoms with E-state index in [4.69, 9.17) is 5.11 Å². The van der Waals surface area contributed by atoms with E-state index >= 15 is 0 Å². The largest absolute Gasteiger partial charge is 0.481 e. The number of aromatic nitrogens is 2. The van der Waals surface area contributed by atoms with Crippen LogP contribution in [0.3, 0.4) is 0 Å². The fourth-order valence-corrected chi connectivity index (χ4v) is 3.68. The number of hydrogen-bond acceptors (Lipinski definition) is 5. The Balaban J connectivity index is 1.77. The van der Waals surface area contributed by atoms with Gasteiger partial charge in [-0.25, -0.2) is 18.4 Å². The lowest BCUT2D eigenvalue weighted by molar-refractivity contribution is -0.136. The van der Waals surface area contributed by atoms with Crippen LogP contribution in [0.5, 0.6) is 0 Å². The Bertz CT molecular complexity index is 1080. The second kappa shape index (κ2) is 8.93. The lowest BCUT2D eigenvalue weighted by Gasteiger charge is -2.20. The third kappa shape index (κ3) is 5.94. The van der Waals surface area contributed by atoms with Crippen molar-refractivity contribution in [2.75, 3.05) is 6.26 Å². The number of carbonyl (C=O) groups is 1. The van der Waals surface area contributed by atoms with Gasteiger partial charge >= 0.3 is 5.97 Å². The Morgan fingerprint density at radius 3 is 2.17 bits per heavy atom. The summed E-state index contributed by atoms with van der Waals surface area (Å²) in [6.45, 7) is 0.369. The number of aliphatic carboxylic acids is 1. The molecule has 1 aromatic heterocycles. The first-order valence-electron chi connectivity index (χ1n) is 8.92. The molecule has 0 atom stereocenters. The molecule has 0 spiro atoms. The van der Waals surface area contributed by atoms with E-state index in [1.165, 1.54) is 10.6 Å². The molecule has 0 saturated carbocycles. The molecule has 8 heteroatoms. The molecular formula is C21H21N3O4S. The van der Waals surface area contributed by atoms with Crippen LogP contribution in [-0.4, -0.2) is 40.0 Å². The van der Waals surface area contributed by atoms with Crippen molar-refractivity contribution in [3.05, 3.63) is 83.7 Å². The van der Waals surface area contributed by atoms with E-state index in [1.807, 2.05) is 24.3 Å². The molecule has 0 fully saturated rings. The predicted molar refractivity (Wildman–Crippen MR) is 109 cm³/mol. The molecule has 1 N–H and O–H groups in total. The van der Waals surface area contributed by atoms with Crippen LogP contribution in [0.4, 0.5) is 0 Å². The maximum absolute atomic E-state index is 12.3. The first-order chi connectivity index (χ1) is 13.8. The average Bonchev–Trinajstić information content (AvgIpc) is 2.68. The third-order valence-electron chi connectivity index (χ3n) is 4.31. The summed E-state index contributed by atoms with van der Waals surface area (Å²) >= 11 is 0. The van der Waals surface area contributed by atoms with Crippen molar-refractivity contribution in [1.82, 2.24) is 14.3 Å². The summed E-state index contributed by atoms with van der Waals surface area (Å²) in [6, 6.07) is 16.1. The molecule has 0 bridgehead atoms. The van der Waals surface area contributed by atoms with Crippen LogP contribution in [0.2, 0.25) is 0 Å². The number of hydrogen-bond donors (Lipinski definition) is 1. The smallest absolute Gasteiger partial charge is 0.307 e. The van der Waals surface area contributed by atoms with Gasteiger partial charge < -0.3 is 5.11 Å². The van der Waals surface area contributed by atoms with Crippen LogP contribution in [-0.2, 0) is 34.3 Å². The number of benzene rings is 2. The van der Waals surface area contributed by atoms with Gasteiger partial charge in [-0.15, -0.1) is 0 Å². The van der Waals surface area contributed by atoms with Crippen molar-refractivity contribution in [3.63, 3.8) is 0 Å². The summed E-state index contributed by atoms with van der Waals surface area (Å²) in [5.74, 6) is -0.320. The molecule has 0 unspecified atom stereocenters. The molecule has 7 nitrogen and oxygen atoms in total. The molecule has 2 aromatic carbocycles. The second-order valence-corrected chi connectivity index (χ2v) is 8.67. The van der Waals surface area contributed by atoms with Gasteiger partial charge in [0.1, 0.15) is 0 Å². The molecule has 3 aromatic rings. The summed E-state index contributed by atoms with van der Waals surface area (Å²) in [6.07, 6.45) is 4.40. The van der Waals surface area contributed by atoms with Crippen LogP contribution < -0.4 is 0 Å². The quantitative estimate of drug-likeness (QED) is 0.612. The Morgan fingerprint density at radius 2 is 1.55 bits per heavy atom. The van der Waals surface area contributed by atoms with E-state index < -0.39 is 16.0 Å². The van der Waals surface area contributed by atoms with Crippen LogP contribution in [0.1, 0.15) is 16.7 Å². The molecular weight excluding hydrogens is 390 g/mol. The zero-order chi connectivity index (χ0) is 20.9. The van der Waals surface area contributed by atoms with Crippen molar-refractivity contribution in [3.8, 4) is 11.4 Å². The summed E-state index contributed by atoms with van der Waals surface area (Å²) in [5.41, 5.74) is 3.05. The lowest BCUT2D eigenvalue weighted by atomic mass is 10.1. The van der Waals surface area contributed by atoms with Crippen molar-refractivity contribution in [2.24, 2.45) is 0 Å². The molecule has 3 rings (SSSR count). The maximum atomic E-state index is 12.3. The minimum Gasteiger partial charge on any atom is -0.481 e. The molecule has 0 aliphatic carbocycles. The normalized spacial score (nSPS) is 11.5. The minimum atomic E-state index is -3.47. The minimum absolute atomic E-state index is 0.101. The first-order valence-corrected chi connectivity index (χ1v) is 10.8. The Labute approximate surface area is 169 Å². The van der Waals surface area contributed by atoms with Crippen LogP contribution >= 0.6 is 0 Å². The number of rotatable bonds is 8. The van der Waals surface area contributed by atoms with Crippen molar-refractivity contribution >= 4 is 16.0 Å². The highest BCUT2D eigenvalue weighted by Gasteiger charge is 2.18. The Kier molecular flexibility index (Phi) is 6.36. The van der Waals surface area contributed by atoms with Gasteiger partial charge in [-0.1, -0.05) is 48.5 Å². The van der Waals surface area contributed by atoms with E-state index in [-0.39, 0.29) is 19.5 Å². The van der Waals surface area contributed by atoms with Gasteiger partial charge in [0.2, 0.25) is 10.0 Å². The van der Waals surface area contributed by atoms with Crippen LogP contribution in [0.15, 0.2) is 67.0 Å². The highest BCUT2D eigenvalue weighted by atomic mass is 32.2. The van der Waals surface area contributed by atoms with E-state index in [9.17, 15) is 13.2 Å². The van der Waals surface area contributed by atoms with Crippen LogP contribution in [0, 0.1) is 0 Å². The topological polar surface area (TPSA) is 100 Å². The molecule has 150 valence electrons. The first kappa shape index (κ1) is 20.6. The number of sulfonamides is 1. The second-order valence-electron chi connectivity index (χ2n) is 6.69. The molecule has 29 heavy (non-hydrogen) atoms. The van der Waals surface area contributed by atoms with Gasteiger partial charge in [0.05, 0.1) is 12.7 Å². The molecule has 0 amide bonds. The van der Waals surface area contributed by atoms with E-state index in [2.05, 4.69) is 9.97 Å². The summed E-state index contributed by atoms with van der Waals surface area (Å²) in [7, 11) is -3.47. The maximum Gasteiger partial charge on any atom is 0.307 e. The number of nitrogens with zero attached hydrogens (tertiary/aromatic N) is 3. The van der Waals surface area contributed by atoms with Crippen molar-refractivity contribution in [2.45, 2.75) is 19.5 Å². The SMILES string of the molecule is CS(=O)(=O)N(Cc1ccc(-c2ncccn2)cc1)Cc1cccc(CC(=O)O)c1. The predicted octanol–water partition coefficient (Wildman–Crippen LogP) is 2.73. The van der Waals surface area contributed by atoms with Gasteiger partial charge in [0, 0.05) is 31.0 Å². The molecule has 0 aliphatic heterocycles. The fourth-order valence-electron chi connectivity index (χ4n) is 2.92. The van der Waals surface area contributed by atoms with E-state index in [0.29, 0.717) is 11.4 Å². The molecule has 0 saturated heterocycles. The highest BCUT2D eigenvalue weighted by Crippen LogP contribution is 2.18. The monoisotopic (exact) mass is 411 g/mol. The van der Waals surface area contributed by atoms with Gasteiger partial charge in [-0.3, -0.25) is 4.79 Å². The fraction of sp³-hybridized carbons (Fsp3) is 0.190. The van der Waals surface area contributed by atoms with Crippen molar-refractivity contribution < 1.29 is 18.3 Å². The highest BCUT2D eigenvalue weighted by molar-refractivity contribution is 7.88. The number of carboxylic acids is 1. The zero-order valence-corrected chi connectivity index (χ0v) is 16.7. The molecule has 0 aliphatic rings. The Hall–Kier alpha value is -3.10. The third-order valence-corrected chi connectivity index (χ3v) is 5.51.